The standard InChI is InChI=1S/2Eu.FH.NO3/c;;;2-1(3)4/h;;1H;/q2*+3;;-1/p-1. The zero-order valence-corrected chi connectivity index (χ0v) is 7.66. The Hall–Kier alpha value is 2.30. The third-order valence-electron chi connectivity index (χ3n) is 0. The van der Waals surface area contributed by atoms with Crippen LogP contribution in [-0.4, -0.2) is 5.09 Å². The summed E-state index contributed by atoms with van der Waals surface area (Å²) in [4.78, 5) is 8.25. The van der Waals surface area contributed by atoms with Crippen LogP contribution in [0.5, 0.6) is 0 Å². The zero-order chi connectivity index (χ0) is 3.58. The number of rotatable bonds is 0. The fraction of sp³-hybridized carbons (Fsp3) is 0. The summed E-state index contributed by atoms with van der Waals surface area (Å²) in [6, 6.07) is 0. The molecule has 0 aliphatic heterocycles. The SMILES string of the molecule is O=[N+]([O-])[O-].[Eu+3].[Eu+3].[F-]. The molecule has 0 saturated heterocycles. The van der Waals surface area contributed by atoms with Crippen LogP contribution < -0.4 is 4.70 Å². The van der Waals surface area contributed by atoms with Gasteiger partial charge in [-0.2, -0.15) is 0 Å². The third kappa shape index (κ3) is 62.3. The van der Waals surface area contributed by atoms with E-state index >= 15 is 0 Å². The van der Waals surface area contributed by atoms with E-state index in [1.807, 2.05) is 0 Å². The number of halogens is 1. The van der Waals surface area contributed by atoms with E-state index < -0.39 is 5.09 Å². The molecule has 7 heteroatoms. The summed E-state index contributed by atoms with van der Waals surface area (Å²) >= 11 is 0. The Labute approximate surface area is 121 Å². The average molecular weight is 385 g/mol. The van der Waals surface area contributed by atoms with Gasteiger partial charge in [0, 0.05) is 0 Å². The molecule has 0 saturated carbocycles. The molecule has 4 nitrogen and oxygen atoms in total. The maximum Gasteiger partial charge on any atom is 3.00 e. The smallest absolute Gasteiger partial charge is 1.00 e. The predicted octanol–water partition coefficient (Wildman–Crippen LogP) is -3.24. The third-order valence-corrected chi connectivity index (χ3v) is 0. The molecule has 0 N–H and O–H groups in total. The summed E-state index contributed by atoms with van der Waals surface area (Å²) in [5.41, 5.74) is 0. The summed E-state index contributed by atoms with van der Waals surface area (Å²) in [5.74, 6) is 0. The first-order valence-electron chi connectivity index (χ1n) is 0.548. The number of hydrogen-bond donors (Lipinski definition) is 0. The van der Waals surface area contributed by atoms with Crippen molar-refractivity contribution in [3.8, 4) is 0 Å². The minimum Gasteiger partial charge on any atom is -1.00 e. The summed E-state index contributed by atoms with van der Waals surface area (Å²) < 4.78 is 0. The second kappa shape index (κ2) is 15.7. The molecule has 0 aliphatic rings. The topological polar surface area (TPSA) is 66.2 Å². The van der Waals surface area contributed by atoms with Gasteiger partial charge in [-0.05, 0) is 0 Å². The van der Waals surface area contributed by atoms with Crippen LogP contribution in [-0.2, 0) is 0 Å². The molecule has 7 heavy (non-hydrogen) atoms. The van der Waals surface area contributed by atoms with Crippen molar-refractivity contribution in [2.24, 2.45) is 0 Å². The maximum atomic E-state index is 8.25. The van der Waals surface area contributed by atoms with Gasteiger partial charge < -0.3 is 20.0 Å². The molecule has 40 valence electrons. The van der Waals surface area contributed by atoms with Gasteiger partial charge in [0.2, 0.25) is 0 Å². The second-order valence-corrected chi connectivity index (χ2v) is 0.224. The van der Waals surface area contributed by atoms with Gasteiger partial charge in [0.25, 0.3) is 0 Å². The van der Waals surface area contributed by atoms with E-state index in [0.29, 0.717) is 0 Å². The molecular formula is Eu2FNO3+4. The molecule has 0 aromatic rings. The largest absolute Gasteiger partial charge is 3.00 e. The zero-order valence-electron chi connectivity index (χ0n) is 2.81. The second-order valence-electron chi connectivity index (χ2n) is 0.224. The van der Waals surface area contributed by atoms with Crippen LogP contribution in [0.4, 0.5) is 0 Å². The Morgan fingerprint density at radius 3 is 1.14 bits per heavy atom. The van der Waals surface area contributed by atoms with Crippen molar-refractivity contribution < 1.29 is 109 Å². The molecule has 0 aromatic heterocycles. The fourth-order valence-electron chi connectivity index (χ4n) is 0. The van der Waals surface area contributed by atoms with Crippen molar-refractivity contribution in [3.63, 3.8) is 0 Å². The molecule has 0 aliphatic carbocycles. The first-order chi connectivity index (χ1) is 1.73. The van der Waals surface area contributed by atoms with Crippen molar-refractivity contribution in [1.29, 1.82) is 0 Å². The molecule has 0 unspecified atom stereocenters. The molecule has 0 spiro atoms. The molecule has 0 amide bonds. The van der Waals surface area contributed by atoms with Gasteiger partial charge >= 0.3 is 98.8 Å². The van der Waals surface area contributed by atoms with E-state index in [4.69, 9.17) is 15.3 Å². The Morgan fingerprint density at radius 2 is 1.14 bits per heavy atom. The van der Waals surface area contributed by atoms with Crippen LogP contribution >= 0.6 is 0 Å². The van der Waals surface area contributed by atoms with Crippen LogP contribution in [0.3, 0.4) is 0 Å². The van der Waals surface area contributed by atoms with Gasteiger partial charge in [-0.15, -0.1) is 0 Å². The molecular weight excluding hydrogens is 385 g/mol. The maximum absolute atomic E-state index is 8.25. The van der Waals surface area contributed by atoms with Gasteiger partial charge in [0.1, 0.15) is 0 Å². The van der Waals surface area contributed by atoms with Crippen molar-refractivity contribution in [1.82, 2.24) is 0 Å². The average Bonchev–Trinajstić information content (AvgIpc) is 0.811. The van der Waals surface area contributed by atoms with Gasteiger partial charge in [0.15, 0.2) is 0 Å². The Bertz CT molecular complexity index is 35.9. The summed E-state index contributed by atoms with van der Waals surface area (Å²) in [5, 5.41) is 14.8. The quantitative estimate of drug-likeness (QED) is 0.326. The van der Waals surface area contributed by atoms with Gasteiger partial charge in [-0.3, -0.25) is 0 Å². The molecule has 0 heterocycles. The van der Waals surface area contributed by atoms with Gasteiger partial charge in [0.05, 0.1) is 5.09 Å². The van der Waals surface area contributed by atoms with E-state index in [-0.39, 0.29) is 103 Å². The van der Waals surface area contributed by atoms with Gasteiger partial charge in [-0.25, -0.2) is 0 Å². The van der Waals surface area contributed by atoms with E-state index in [0.717, 1.165) is 0 Å². The molecule has 0 atom stereocenters. The first kappa shape index (κ1) is 22.8. The van der Waals surface area contributed by atoms with Crippen LogP contribution in [0.1, 0.15) is 0 Å². The molecule has 0 bridgehead atoms. The molecule has 0 rings (SSSR count). The predicted molar refractivity (Wildman–Crippen MR) is 10.4 cm³/mol. The summed E-state index contributed by atoms with van der Waals surface area (Å²) in [6.07, 6.45) is 0. The van der Waals surface area contributed by atoms with Gasteiger partial charge in [-0.1, -0.05) is 0 Å². The minimum absolute atomic E-state index is 0. The van der Waals surface area contributed by atoms with E-state index in [2.05, 4.69) is 0 Å². The summed E-state index contributed by atoms with van der Waals surface area (Å²) in [7, 11) is 0. The van der Waals surface area contributed by atoms with E-state index in [1.165, 1.54) is 0 Å². The van der Waals surface area contributed by atoms with E-state index in [1.54, 1.807) is 0 Å². The fourth-order valence-corrected chi connectivity index (χ4v) is 0. The van der Waals surface area contributed by atoms with Crippen molar-refractivity contribution >= 4 is 0 Å². The van der Waals surface area contributed by atoms with Crippen molar-refractivity contribution in [2.75, 3.05) is 0 Å². The van der Waals surface area contributed by atoms with Crippen molar-refractivity contribution in [3.05, 3.63) is 15.3 Å². The van der Waals surface area contributed by atoms with Crippen LogP contribution in [0.15, 0.2) is 0 Å². The Morgan fingerprint density at radius 1 is 1.14 bits per heavy atom. The Balaban J connectivity index is -0.0000000150. The number of nitrogens with zero attached hydrogens (tertiary/aromatic N) is 1. The van der Waals surface area contributed by atoms with Crippen molar-refractivity contribution in [2.45, 2.75) is 0 Å². The Kier molecular flexibility index (Phi) is 51.3. The minimum atomic E-state index is -1.75. The van der Waals surface area contributed by atoms with Crippen LogP contribution in [0.2, 0.25) is 0 Å². The molecule has 0 radical (unpaired) electrons. The monoisotopic (exact) mass is 387 g/mol. The molecule has 0 aromatic carbocycles. The number of hydrogen-bond acceptors (Lipinski definition) is 3. The van der Waals surface area contributed by atoms with Crippen LogP contribution in [0, 0.1) is 114 Å². The molecule has 0 fully saturated rings. The normalized spacial score (nSPS) is 3.43. The summed E-state index contributed by atoms with van der Waals surface area (Å²) in [6.45, 7) is 0. The van der Waals surface area contributed by atoms with E-state index in [9.17, 15) is 0 Å². The first-order valence-corrected chi connectivity index (χ1v) is 0.548. The van der Waals surface area contributed by atoms with Crippen LogP contribution in [0.25, 0.3) is 0 Å².